The third-order valence-electron chi connectivity index (χ3n) is 11.9. The van der Waals surface area contributed by atoms with Crippen LogP contribution in [0.4, 0.5) is 0 Å². The number of amides is 1. The maximum absolute atomic E-state index is 12.9. The molecule has 0 rings (SSSR count). The van der Waals surface area contributed by atoms with Crippen molar-refractivity contribution in [3.63, 3.8) is 0 Å². The van der Waals surface area contributed by atoms with Crippen molar-refractivity contribution in [3.8, 4) is 0 Å². The Bertz CT molecular complexity index is 1360. The Hall–Kier alpha value is -2.32. The number of carbonyl (C=O) groups excluding carboxylic acids is 1. The van der Waals surface area contributed by atoms with Gasteiger partial charge in [0.1, 0.15) is 13.2 Å². The molecule has 0 aromatic heterocycles. The minimum Gasteiger partial charge on any atom is -0.756 e. The summed E-state index contributed by atoms with van der Waals surface area (Å²) in [6, 6.07) is -0.889. The Labute approximate surface area is 414 Å². The van der Waals surface area contributed by atoms with Crippen LogP contribution in [0.2, 0.25) is 0 Å². The normalized spacial score (nSPS) is 14.7. The first-order valence-corrected chi connectivity index (χ1v) is 28.9. The number of aliphatic hydroxyl groups is 1. The van der Waals surface area contributed by atoms with Crippen LogP contribution in [-0.4, -0.2) is 68.5 Å². The lowest BCUT2D eigenvalue weighted by Crippen LogP contribution is -2.45. The van der Waals surface area contributed by atoms with Gasteiger partial charge in [0.25, 0.3) is 7.82 Å². The molecule has 67 heavy (non-hydrogen) atoms. The van der Waals surface area contributed by atoms with Gasteiger partial charge in [0.15, 0.2) is 0 Å². The standard InChI is InChI=1S/C58H105N2O6P/c1-6-8-10-12-14-16-18-20-21-22-23-24-25-26-27-28-29-30-31-32-33-34-35-36-37-38-39-40-42-44-46-48-50-52-58(62)59-56(55-66-67(63,64)65-54-53-60(3,4)5)57(61)51-49-47-45-43-41-19-17-15-13-11-9-7-2/h8,10,14,16,20-21,23-24,26-27,29-30,49,51,56-57,61H,6-7,9,11-13,15,17-19,22,25,28,31-48,50,52-55H2,1-5H3,(H-,59,62,63,64)/b10-8-,16-14-,21-20-,24-23-,27-26-,30-29-,51-49+. The van der Waals surface area contributed by atoms with E-state index in [0.29, 0.717) is 17.4 Å². The fraction of sp³-hybridized carbons (Fsp3) is 0.741. The van der Waals surface area contributed by atoms with Gasteiger partial charge < -0.3 is 28.8 Å². The number of phosphoric acid groups is 1. The summed E-state index contributed by atoms with van der Waals surface area (Å²) in [4.78, 5) is 25.4. The third kappa shape index (κ3) is 51.4. The largest absolute Gasteiger partial charge is 0.756 e. The van der Waals surface area contributed by atoms with Gasteiger partial charge in [-0.3, -0.25) is 9.36 Å². The predicted molar refractivity (Wildman–Crippen MR) is 288 cm³/mol. The molecule has 0 fully saturated rings. The molecule has 0 saturated carbocycles. The van der Waals surface area contributed by atoms with Crippen molar-refractivity contribution in [2.24, 2.45) is 0 Å². The van der Waals surface area contributed by atoms with Crippen molar-refractivity contribution >= 4 is 13.7 Å². The maximum atomic E-state index is 12.9. The molecule has 0 aliphatic carbocycles. The first-order valence-electron chi connectivity index (χ1n) is 27.4. The van der Waals surface area contributed by atoms with Gasteiger partial charge in [0, 0.05) is 6.42 Å². The van der Waals surface area contributed by atoms with Crippen LogP contribution in [0.3, 0.4) is 0 Å². The molecule has 0 aromatic carbocycles. The third-order valence-corrected chi connectivity index (χ3v) is 12.8. The number of aliphatic hydroxyl groups excluding tert-OH is 1. The quantitative estimate of drug-likeness (QED) is 0.0272. The predicted octanol–water partition coefficient (Wildman–Crippen LogP) is 15.8. The summed E-state index contributed by atoms with van der Waals surface area (Å²) in [6.07, 6.45) is 68.0. The van der Waals surface area contributed by atoms with E-state index in [0.717, 1.165) is 77.0 Å². The SMILES string of the molecule is CC/C=C\C/C=C\C/C=C\C/C=C\C/C=C\C/C=C\CCCCCCCCCCCCCCCCC(=O)NC(COP(=O)([O-])OCC[N+](C)(C)C)C(O)/C=C/CCCCCCCCCCCC. The molecular weight excluding hydrogens is 852 g/mol. The van der Waals surface area contributed by atoms with Gasteiger partial charge in [-0.15, -0.1) is 0 Å². The van der Waals surface area contributed by atoms with Gasteiger partial charge in [-0.25, -0.2) is 0 Å². The number of carbonyl (C=O) groups is 1. The minimum absolute atomic E-state index is 0.00362. The van der Waals surface area contributed by atoms with Gasteiger partial charge in [0.2, 0.25) is 5.91 Å². The molecule has 0 aliphatic heterocycles. The molecule has 9 heteroatoms. The summed E-state index contributed by atoms with van der Waals surface area (Å²) in [5, 5.41) is 13.8. The average molecular weight is 957 g/mol. The smallest absolute Gasteiger partial charge is 0.268 e. The van der Waals surface area contributed by atoms with Gasteiger partial charge in [-0.2, -0.15) is 0 Å². The van der Waals surface area contributed by atoms with Crippen LogP contribution in [0, 0.1) is 0 Å². The molecule has 2 N–H and O–H groups in total. The van der Waals surface area contributed by atoms with Crippen LogP contribution >= 0.6 is 7.82 Å². The van der Waals surface area contributed by atoms with E-state index < -0.39 is 20.0 Å². The molecule has 0 radical (unpaired) electrons. The lowest BCUT2D eigenvalue weighted by atomic mass is 10.0. The van der Waals surface area contributed by atoms with Gasteiger partial charge >= 0.3 is 0 Å². The lowest BCUT2D eigenvalue weighted by Gasteiger charge is -2.29. The number of nitrogens with zero attached hydrogens (tertiary/aromatic N) is 1. The average Bonchev–Trinajstić information content (AvgIpc) is 3.29. The fourth-order valence-corrected chi connectivity index (χ4v) is 8.29. The Balaban J connectivity index is 4.08. The molecule has 0 heterocycles. The van der Waals surface area contributed by atoms with Crippen molar-refractivity contribution < 1.29 is 32.9 Å². The Kier molecular flexibility index (Phi) is 47.0. The molecule has 0 aliphatic rings. The van der Waals surface area contributed by atoms with Crippen molar-refractivity contribution in [1.82, 2.24) is 5.32 Å². The number of nitrogens with one attached hydrogen (secondary N) is 1. The fourth-order valence-electron chi connectivity index (χ4n) is 7.57. The van der Waals surface area contributed by atoms with Crippen molar-refractivity contribution in [2.75, 3.05) is 40.9 Å². The summed E-state index contributed by atoms with van der Waals surface area (Å²) in [5.41, 5.74) is 0. The molecule has 3 atom stereocenters. The molecule has 0 saturated heterocycles. The molecule has 3 unspecified atom stereocenters. The highest BCUT2D eigenvalue weighted by Gasteiger charge is 2.23. The second-order valence-electron chi connectivity index (χ2n) is 19.6. The summed E-state index contributed by atoms with van der Waals surface area (Å²) in [7, 11) is 1.25. The first kappa shape index (κ1) is 64.7. The van der Waals surface area contributed by atoms with E-state index in [1.807, 2.05) is 27.2 Å². The van der Waals surface area contributed by atoms with Crippen LogP contribution in [0.15, 0.2) is 85.1 Å². The molecular formula is C58H105N2O6P. The number of hydrogen-bond donors (Lipinski definition) is 2. The van der Waals surface area contributed by atoms with E-state index in [-0.39, 0.29) is 19.1 Å². The highest BCUT2D eigenvalue weighted by Crippen LogP contribution is 2.38. The van der Waals surface area contributed by atoms with E-state index in [1.165, 1.54) is 128 Å². The van der Waals surface area contributed by atoms with E-state index in [1.54, 1.807) is 6.08 Å². The molecule has 0 aromatic rings. The second kappa shape index (κ2) is 48.7. The topological polar surface area (TPSA) is 108 Å². The molecule has 388 valence electrons. The lowest BCUT2D eigenvalue weighted by molar-refractivity contribution is -0.870. The summed E-state index contributed by atoms with van der Waals surface area (Å²) < 4.78 is 23.3. The number of hydrogen-bond acceptors (Lipinski definition) is 6. The number of quaternary nitrogens is 1. The summed E-state index contributed by atoms with van der Waals surface area (Å²) >= 11 is 0. The number of likely N-dealkylation sites (N-methyl/N-ethyl adjacent to an activating group) is 1. The van der Waals surface area contributed by atoms with Crippen LogP contribution in [0.25, 0.3) is 0 Å². The Morgan fingerprint density at radius 2 is 0.910 bits per heavy atom. The summed E-state index contributed by atoms with van der Waals surface area (Å²) in [5.74, 6) is -0.202. The van der Waals surface area contributed by atoms with Crippen LogP contribution in [0.5, 0.6) is 0 Å². The van der Waals surface area contributed by atoms with E-state index in [2.05, 4.69) is 92.1 Å². The monoisotopic (exact) mass is 957 g/mol. The zero-order chi connectivity index (χ0) is 49.2. The van der Waals surface area contributed by atoms with Gasteiger partial charge in [-0.1, -0.05) is 234 Å². The van der Waals surface area contributed by atoms with E-state index in [4.69, 9.17) is 9.05 Å². The molecule has 0 bridgehead atoms. The highest BCUT2D eigenvalue weighted by molar-refractivity contribution is 7.45. The summed E-state index contributed by atoms with van der Waals surface area (Å²) in [6.45, 7) is 4.52. The zero-order valence-corrected chi connectivity index (χ0v) is 45.0. The van der Waals surface area contributed by atoms with Crippen molar-refractivity contribution in [1.29, 1.82) is 0 Å². The minimum atomic E-state index is -4.59. The van der Waals surface area contributed by atoms with Gasteiger partial charge in [-0.05, 0) is 70.6 Å². The number of allylic oxidation sites excluding steroid dienone is 13. The van der Waals surface area contributed by atoms with Crippen molar-refractivity contribution in [3.05, 3.63) is 85.1 Å². The van der Waals surface area contributed by atoms with Crippen LogP contribution < -0.4 is 10.2 Å². The highest BCUT2D eigenvalue weighted by atomic mass is 31.2. The van der Waals surface area contributed by atoms with Crippen LogP contribution in [0.1, 0.15) is 226 Å². The van der Waals surface area contributed by atoms with Crippen LogP contribution in [-0.2, 0) is 18.4 Å². The first-order chi connectivity index (χ1) is 32.5. The molecule has 0 spiro atoms. The molecule has 8 nitrogen and oxygen atoms in total. The number of rotatable bonds is 49. The maximum Gasteiger partial charge on any atom is 0.268 e. The Morgan fingerprint density at radius 3 is 1.33 bits per heavy atom. The number of phosphoric ester groups is 1. The molecule has 1 amide bonds. The second-order valence-corrected chi connectivity index (χ2v) is 21.0. The van der Waals surface area contributed by atoms with Gasteiger partial charge in [0.05, 0.1) is 39.9 Å². The number of unbranched alkanes of at least 4 members (excludes halogenated alkanes) is 24. The van der Waals surface area contributed by atoms with E-state index >= 15 is 0 Å². The Morgan fingerprint density at radius 1 is 0.537 bits per heavy atom. The van der Waals surface area contributed by atoms with E-state index in [9.17, 15) is 19.4 Å². The zero-order valence-electron chi connectivity index (χ0n) is 44.1. The van der Waals surface area contributed by atoms with Crippen molar-refractivity contribution in [2.45, 2.75) is 238 Å².